The summed E-state index contributed by atoms with van der Waals surface area (Å²) in [7, 11) is 2.48. The zero-order chi connectivity index (χ0) is 20.7. The molecule has 0 N–H and O–H groups in total. The van der Waals surface area contributed by atoms with E-state index in [4.69, 9.17) is 13.9 Å². The lowest BCUT2D eigenvalue weighted by atomic mass is 9.98. The van der Waals surface area contributed by atoms with Crippen LogP contribution in [0, 0.1) is 11.3 Å². The second-order valence-corrected chi connectivity index (χ2v) is 5.14. The van der Waals surface area contributed by atoms with E-state index in [1.807, 2.05) is 6.07 Å². The highest BCUT2D eigenvalue weighted by Crippen LogP contribution is 2.38. The molecule has 0 saturated carbocycles. The van der Waals surface area contributed by atoms with Crippen LogP contribution in [-0.2, 0) is 9.47 Å². The molecule has 28 heavy (non-hydrogen) atoms. The molecule has 0 fully saturated rings. The largest absolute Gasteiger partial charge is 0.484 e. The number of ether oxygens (including phenoxy) is 4. The molecule has 2 aromatic rings. The Morgan fingerprint density at radius 3 is 2.64 bits per heavy atom. The highest BCUT2D eigenvalue weighted by molar-refractivity contribution is 5.90. The fraction of sp³-hybridized carbons (Fsp3) is 0.278. The molecule has 1 heterocycles. The second-order valence-electron chi connectivity index (χ2n) is 5.14. The molecule has 0 saturated heterocycles. The number of nitrogens with zero attached hydrogens (tertiary/aromatic N) is 1. The highest BCUT2D eigenvalue weighted by atomic mass is 19.3. The topological polar surface area (TPSA) is 108 Å². The van der Waals surface area contributed by atoms with Crippen molar-refractivity contribution in [2.24, 2.45) is 0 Å². The third-order valence-corrected chi connectivity index (χ3v) is 3.46. The first-order valence-corrected chi connectivity index (χ1v) is 7.79. The molecule has 0 radical (unpaired) electrons. The average molecular weight is 395 g/mol. The Hall–Kier alpha value is -3.45. The van der Waals surface area contributed by atoms with Crippen LogP contribution in [0.3, 0.4) is 0 Å². The van der Waals surface area contributed by atoms with Gasteiger partial charge in [0.15, 0.2) is 0 Å². The normalized spacial score (nSPS) is 10.4. The predicted molar refractivity (Wildman–Crippen MR) is 90.5 cm³/mol. The fourth-order valence-electron chi connectivity index (χ4n) is 2.33. The van der Waals surface area contributed by atoms with Gasteiger partial charge in [0, 0.05) is 24.3 Å². The number of carbonyl (C=O) groups is 1. The molecule has 1 aromatic heterocycles. The maximum absolute atomic E-state index is 12.8. The molecular formula is C18H15F2NO7. The number of esters is 1. The van der Waals surface area contributed by atoms with Gasteiger partial charge in [-0.3, -0.25) is 0 Å². The lowest BCUT2D eigenvalue weighted by molar-refractivity contribution is -0.0494. The van der Waals surface area contributed by atoms with Crippen LogP contribution in [-0.4, -0.2) is 40.0 Å². The summed E-state index contributed by atoms with van der Waals surface area (Å²) in [6.07, 6.45) is 0. The Labute approximate surface area is 157 Å². The lowest BCUT2D eigenvalue weighted by Crippen LogP contribution is -2.16. The number of nitriles is 1. The number of benzene rings is 1. The summed E-state index contributed by atoms with van der Waals surface area (Å²) in [5.41, 5.74) is -1.45. The van der Waals surface area contributed by atoms with Crippen molar-refractivity contribution in [2.75, 3.05) is 27.4 Å². The van der Waals surface area contributed by atoms with Crippen LogP contribution in [0.5, 0.6) is 11.5 Å². The number of rotatable bonds is 8. The number of hydrogen-bond donors (Lipinski definition) is 0. The quantitative estimate of drug-likeness (QED) is 0.496. The summed E-state index contributed by atoms with van der Waals surface area (Å²) in [6, 6.07) is 6.74. The Balaban J connectivity index is 2.78. The molecule has 0 aliphatic carbocycles. The maximum Gasteiger partial charge on any atom is 0.387 e. The number of halogens is 2. The van der Waals surface area contributed by atoms with Crippen LogP contribution in [0.4, 0.5) is 8.78 Å². The standard InChI is InChI=1S/C18H15F2NO7/c1-24-6-7-26-15-11(8-13(16(22)25-2)27-17(15)23)14-10(9-21)4-3-5-12(14)28-18(19)20/h3-5,8,18H,6-7H2,1-2H3. The molecule has 0 spiro atoms. The Morgan fingerprint density at radius 1 is 1.29 bits per heavy atom. The monoisotopic (exact) mass is 395 g/mol. The van der Waals surface area contributed by atoms with Gasteiger partial charge in [-0.15, -0.1) is 0 Å². The predicted octanol–water partition coefficient (Wildman–Crippen LogP) is 2.59. The summed E-state index contributed by atoms with van der Waals surface area (Å²) < 4.78 is 49.7. The number of alkyl halides is 2. The van der Waals surface area contributed by atoms with E-state index in [0.717, 1.165) is 13.2 Å². The van der Waals surface area contributed by atoms with E-state index in [-0.39, 0.29) is 35.7 Å². The number of methoxy groups -OCH3 is 2. The molecule has 148 valence electrons. The molecule has 0 atom stereocenters. The smallest absolute Gasteiger partial charge is 0.387 e. The summed E-state index contributed by atoms with van der Waals surface area (Å²) in [5, 5.41) is 9.39. The average Bonchev–Trinajstić information content (AvgIpc) is 2.67. The highest BCUT2D eigenvalue weighted by Gasteiger charge is 2.25. The Morgan fingerprint density at radius 2 is 2.04 bits per heavy atom. The van der Waals surface area contributed by atoms with Crippen molar-refractivity contribution in [1.82, 2.24) is 0 Å². The van der Waals surface area contributed by atoms with E-state index in [1.165, 1.54) is 25.3 Å². The van der Waals surface area contributed by atoms with E-state index < -0.39 is 29.7 Å². The van der Waals surface area contributed by atoms with E-state index >= 15 is 0 Å². The molecular weight excluding hydrogens is 380 g/mol. The molecule has 0 bridgehead atoms. The second kappa shape index (κ2) is 9.48. The van der Waals surface area contributed by atoms with E-state index in [9.17, 15) is 23.6 Å². The zero-order valence-electron chi connectivity index (χ0n) is 14.9. The van der Waals surface area contributed by atoms with E-state index in [0.29, 0.717) is 0 Å². The molecule has 0 amide bonds. The van der Waals surface area contributed by atoms with Crippen molar-refractivity contribution in [3.05, 3.63) is 46.0 Å². The number of carbonyl (C=O) groups excluding carboxylic acids is 1. The van der Waals surface area contributed by atoms with Crippen LogP contribution in [0.1, 0.15) is 16.1 Å². The molecule has 8 nitrogen and oxygen atoms in total. The van der Waals surface area contributed by atoms with Gasteiger partial charge in [0.25, 0.3) is 0 Å². The lowest BCUT2D eigenvalue weighted by Gasteiger charge is -2.15. The van der Waals surface area contributed by atoms with Crippen LogP contribution in [0.15, 0.2) is 33.5 Å². The Kier molecular flexibility index (Phi) is 7.06. The van der Waals surface area contributed by atoms with Crippen molar-refractivity contribution >= 4 is 5.97 Å². The van der Waals surface area contributed by atoms with Gasteiger partial charge in [-0.25, -0.2) is 9.59 Å². The van der Waals surface area contributed by atoms with Crippen molar-refractivity contribution in [2.45, 2.75) is 6.61 Å². The van der Waals surface area contributed by atoms with Gasteiger partial charge in [-0.05, 0) is 12.1 Å². The Bertz CT molecular complexity index is 950. The van der Waals surface area contributed by atoms with Crippen LogP contribution in [0.2, 0.25) is 0 Å². The summed E-state index contributed by atoms with van der Waals surface area (Å²) >= 11 is 0. The minimum Gasteiger partial charge on any atom is -0.484 e. The van der Waals surface area contributed by atoms with E-state index in [2.05, 4.69) is 9.47 Å². The SMILES string of the molecule is COCCOc1c(-c2c(C#N)cccc2OC(F)F)cc(C(=O)OC)oc1=O. The molecule has 0 aliphatic heterocycles. The van der Waals surface area contributed by atoms with Crippen LogP contribution in [0.25, 0.3) is 11.1 Å². The van der Waals surface area contributed by atoms with Gasteiger partial charge in [0.1, 0.15) is 12.4 Å². The summed E-state index contributed by atoms with van der Waals surface area (Å²) in [6.45, 7) is -3.16. The third-order valence-electron chi connectivity index (χ3n) is 3.46. The minimum absolute atomic E-state index is 0.0778. The van der Waals surface area contributed by atoms with Crippen molar-refractivity contribution in [1.29, 1.82) is 5.26 Å². The first-order chi connectivity index (χ1) is 13.4. The molecule has 2 rings (SSSR count). The van der Waals surface area contributed by atoms with Gasteiger partial charge < -0.3 is 23.4 Å². The number of hydrogen-bond acceptors (Lipinski definition) is 8. The van der Waals surface area contributed by atoms with Crippen LogP contribution >= 0.6 is 0 Å². The molecule has 0 aliphatic rings. The summed E-state index contributed by atoms with van der Waals surface area (Å²) in [4.78, 5) is 24.2. The first-order valence-electron chi connectivity index (χ1n) is 7.79. The van der Waals surface area contributed by atoms with Gasteiger partial charge >= 0.3 is 18.2 Å². The van der Waals surface area contributed by atoms with Crippen molar-refractivity contribution < 1.29 is 36.9 Å². The van der Waals surface area contributed by atoms with Gasteiger partial charge in [0.2, 0.25) is 11.5 Å². The molecule has 0 unspecified atom stereocenters. The summed E-state index contributed by atoms with van der Waals surface area (Å²) in [5.74, 6) is -2.26. The fourth-order valence-corrected chi connectivity index (χ4v) is 2.33. The van der Waals surface area contributed by atoms with Crippen LogP contribution < -0.4 is 15.1 Å². The van der Waals surface area contributed by atoms with Gasteiger partial charge in [-0.1, -0.05) is 6.07 Å². The zero-order valence-corrected chi connectivity index (χ0v) is 14.9. The van der Waals surface area contributed by atoms with Gasteiger partial charge in [-0.2, -0.15) is 14.0 Å². The van der Waals surface area contributed by atoms with Crippen molar-refractivity contribution in [3.8, 4) is 28.7 Å². The molecule has 1 aromatic carbocycles. The van der Waals surface area contributed by atoms with Crippen molar-refractivity contribution in [3.63, 3.8) is 0 Å². The van der Waals surface area contributed by atoms with E-state index in [1.54, 1.807) is 0 Å². The first kappa shape index (κ1) is 20.9. The third kappa shape index (κ3) is 4.63. The maximum atomic E-state index is 12.8. The minimum atomic E-state index is -3.19. The molecule has 10 heteroatoms. The van der Waals surface area contributed by atoms with Gasteiger partial charge in [0.05, 0.1) is 25.3 Å².